The van der Waals surface area contributed by atoms with Crippen molar-refractivity contribution in [1.82, 2.24) is 14.8 Å². The number of fused-ring (bicyclic) bond motifs is 3. The van der Waals surface area contributed by atoms with Crippen molar-refractivity contribution >= 4 is 18.4 Å². The molecular formula is C17H13N3O2. The van der Waals surface area contributed by atoms with Gasteiger partial charge in [0.15, 0.2) is 11.6 Å². The quantitative estimate of drug-likeness (QED) is 0.720. The summed E-state index contributed by atoms with van der Waals surface area (Å²) in [6, 6.07) is 11.6. The minimum Gasteiger partial charge on any atom is -0.463 e. The first-order valence-electron chi connectivity index (χ1n) is 6.93. The Balaban J connectivity index is 1.73. The van der Waals surface area contributed by atoms with Crippen LogP contribution in [0.4, 0.5) is 0 Å². The molecule has 2 aromatic heterocycles. The van der Waals surface area contributed by atoms with Crippen molar-refractivity contribution < 1.29 is 9.15 Å². The Hall–Kier alpha value is -3.08. The summed E-state index contributed by atoms with van der Waals surface area (Å²) in [4.78, 5) is 4.57. The smallest absolute Gasteiger partial charge is 0.175 e. The molecule has 1 aromatic carbocycles. The molecule has 22 heavy (non-hydrogen) atoms. The van der Waals surface area contributed by atoms with Crippen LogP contribution in [0.25, 0.3) is 29.7 Å². The highest BCUT2D eigenvalue weighted by atomic mass is 16.5. The zero-order valence-electron chi connectivity index (χ0n) is 11.9. The van der Waals surface area contributed by atoms with Crippen LogP contribution in [-0.2, 0) is 0 Å². The maximum atomic E-state index is 5.55. The minimum atomic E-state index is 0.616. The molecular weight excluding hydrogens is 278 g/mol. The lowest BCUT2D eigenvalue weighted by Crippen LogP contribution is -1.91. The summed E-state index contributed by atoms with van der Waals surface area (Å²) in [5.41, 5.74) is 0.911. The summed E-state index contributed by atoms with van der Waals surface area (Å²) in [6.07, 6.45) is 7.04. The molecule has 0 N–H and O–H groups in total. The van der Waals surface area contributed by atoms with Gasteiger partial charge in [0.25, 0.3) is 0 Å². The van der Waals surface area contributed by atoms with E-state index >= 15 is 0 Å². The van der Waals surface area contributed by atoms with E-state index in [1.165, 1.54) is 0 Å². The Labute approximate surface area is 127 Å². The minimum absolute atomic E-state index is 0.616. The second-order valence-electron chi connectivity index (χ2n) is 4.92. The third kappa shape index (κ3) is 2.22. The standard InChI is InChI=1S/C17H13N3O2/c1-12-6-7-13(22-12)8-9-16-18-17-14-4-2-3-5-15(14)21-11-10-20(17)19-16/h2-11H,1H3/b9-8+. The summed E-state index contributed by atoms with van der Waals surface area (Å²) in [6.45, 7) is 1.91. The average molecular weight is 291 g/mol. The summed E-state index contributed by atoms with van der Waals surface area (Å²) < 4.78 is 12.8. The fourth-order valence-electron chi connectivity index (χ4n) is 2.31. The van der Waals surface area contributed by atoms with Gasteiger partial charge >= 0.3 is 0 Å². The number of benzene rings is 1. The number of aromatic nitrogens is 3. The number of hydrogen-bond acceptors (Lipinski definition) is 4. The highest BCUT2D eigenvalue weighted by molar-refractivity contribution is 5.70. The van der Waals surface area contributed by atoms with E-state index in [9.17, 15) is 0 Å². The molecule has 0 radical (unpaired) electrons. The number of rotatable bonds is 2. The van der Waals surface area contributed by atoms with E-state index in [0.717, 1.165) is 28.7 Å². The summed E-state index contributed by atoms with van der Waals surface area (Å²) in [5.74, 6) is 3.79. The molecule has 108 valence electrons. The van der Waals surface area contributed by atoms with Gasteiger partial charge in [-0.05, 0) is 43.3 Å². The molecule has 5 heteroatoms. The van der Waals surface area contributed by atoms with Gasteiger partial charge < -0.3 is 9.15 Å². The number of aryl methyl sites for hydroxylation is 1. The highest BCUT2D eigenvalue weighted by Crippen LogP contribution is 2.31. The Morgan fingerprint density at radius 2 is 2.00 bits per heavy atom. The van der Waals surface area contributed by atoms with E-state index in [-0.39, 0.29) is 0 Å². The van der Waals surface area contributed by atoms with Gasteiger partial charge in [0.2, 0.25) is 0 Å². The van der Waals surface area contributed by atoms with Crippen molar-refractivity contribution in [3.63, 3.8) is 0 Å². The van der Waals surface area contributed by atoms with Crippen molar-refractivity contribution in [2.75, 3.05) is 0 Å². The first-order chi connectivity index (χ1) is 10.8. The number of ether oxygens (including phenoxy) is 1. The molecule has 1 aliphatic heterocycles. The monoisotopic (exact) mass is 291 g/mol. The highest BCUT2D eigenvalue weighted by Gasteiger charge is 2.15. The predicted molar refractivity (Wildman–Crippen MR) is 83.8 cm³/mol. The zero-order chi connectivity index (χ0) is 14.9. The largest absolute Gasteiger partial charge is 0.463 e. The van der Waals surface area contributed by atoms with Crippen LogP contribution < -0.4 is 4.74 Å². The van der Waals surface area contributed by atoms with E-state index in [2.05, 4.69) is 10.1 Å². The third-order valence-corrected chi connectivity index (χ3v) is 3.33. The second kappa shape index (κ2) is 5.04. The van der Waals surface area contributed by atoms with Crippen LogP contribution in [0, 0.1) is 6.92 Å². The van der Waals surface area contributed by atoms with Gasteiger partial charge in [0, 0.05) is 0 Å². The average Bonchev–Trinajstić information content (AvgIpc) is 3.08. The van der Waals surface area contributed by atoms with Crippen LogP contribution in [0.3, 0.4) is 0 Å². The fourth-order valence-corrected chi connectivity index (χ4v) is 2.31. The van der Waals surface area contributed by atoms with Crippen LogP contribution in [-0.4, -0.2) is 14.8 Å². The normalized spacial score (nSPS) is 12.8. The van der Waals surface area contributed by atoms with E-state index in [4.69, 9.17) is 9.15 Å². The van der Waals surface area contributed by atoms with Crippen LogP contribution in [0.15, 0.2) is 47.1 Å². The van der Waals surface area contributed by atoms with E-state index in [0.29, 0.717) is 5.82 Å². The molecule has 3 heterocycles. The van der Waals surface area contributed by atoms with Gasteiger partial charge in [-0.1, -0.05) is 12.1 Å². The number of hydrogen-bond donors (Lipinski definition) is 0. The number of para-hydroxylation sites is 1. The van der Waals surface area contributed by atoms with E-state index in [1.54, 1.807) is 17.1 Å². The molecule has 4 rings (SSSR count). The van der Waals surface area contributed by atoms with Crippen LogP contribution in [0.1, 0.15) is 17.3 Å². The molecule has 5 nitrogen and oxygen atoms in total. The summed E-state index contributed by atoms with van der Waals surface area (Å²) >= 11 is 0. The lowest BCUT2D eigenvalue weighted by molar-refractivity contribution is 0.487. The Bertz CT molecular complexity index is 887. The van der Waals surface area contributed by atoms with Crippen LogP contribution in [0.5, 0.6) is 5.75 Å². The lowest BCUT2D eigenvalue weighted by atomic mass is 10.2. The van der Waals surface area contributed by atoms with Crippen molar-refractivity contribution in [3.8, 4) is 17.1 Å². The van der Waals surface area contributed by atoms with E-state index < -0.39 is 0 Å². The summed E-state index contributed by atoms with van der Waals surface area (Å²) in [5, 5.41) is 4.44. The molecule has 0 fully saturated rings. The predicted octanol–water partition coefficient (Wildman–Crippen LogP) is 3.84. The number of furan rings is 1. The Kier molecular flexibility index (Phi) is 2.89. The lowest BCUT2D eigenvalue weighted by Gasteiger charge is -2.02. The molecule has 0 amide bonds. The van der Waals surface area contributed by atoms with Crippen molar-refractivity contribution in [1.29, 1.82) is 0 Å². The molecule has 0 spiro atoms. The van der Waals surface area contributed by atoms with Gasteiger partial charge in [-0.15, -0.1) is 5.10 Å². The van der Waals surface area contributed by atoms with Gasteiger partial charge in [-0.25, -0.2) is 9.67 Å². The van der Waals surface area contributed by atoms with Crippen molar-refractivity contribution in [3.05, 3.63) is 60.0 Å². The molecule has 1 aliphatic rings. The second-order valence-corrected chi connectivity index (χ2v) is 4.92. The van der Waals surface area contributed by atoms with Crippen molar-refractivity contribution in [2.24, 2.45) is 0 Å². The van der Waals surface area contributed by atoms with Crippen LogP contribution >= 0.6 is 0 Å². The SMILES string of the molecule is Cc1ccc(/C=C/c2nc3n(n2)C=COc2ccccc2-3)o1. The van der Waals surface area contributed by atoms with E-state index in [1.807, 2.05) is 55.5 Å². The molecule has 0 atom stereocenters. The Morgan fingerprint density at radius 3 is 2.86 bits per heavy atom. The van der Waals surface area contributed by atoms with Gasteiger partial charge in [-0.3, -0.25) is 0 Å². The maximum Gasteiger partial charge on any atom is 0.175 e. The van der Waals surface area contributed by atoms with Crippen LogP contribution in [0.2, 0.25) is 0 Å². The molecule has 0 unspecified atom stereocenters. The first-order valence-corrected chi connectivity index (χ1v) is 6.93. The van der Waals surface area contributed by atoms with Gasteiger partial charge in [-0.2, -0.15) is 0 Å². The van der Waals surface area contributed by atoms with Crippen molar-refractivity contribution in [2.45, 2.75) is 6.92 Å². The molecule has 0 aliphatic carbocycles. The topological polar surface area (TPSA) is 53.1 Å². The first kappa shape index (κ1) is 12.6. The Morgan fingerprint density at radius 1 is 1.09 bits per heavy atom. The van der Waals surface area contributed by atoms with Gasteiger partial charge in [0.1, 0.15) is 23.5 Å². The molecule has 3 aromatic rings. The zero-order valence-corrected chi connectivity index (χ0v) is 11.9. The molecule has 0 bridgehead atoms. The van der Waals surface area contributed by atoms with Gasteiger partial charge in [0.05, 0.1) is 11.8 Å². The number of nitrogens with zero attached hydrogens (tertiary/aromatic N) is 3. The molecule has 0 saturated heterocycles. The summed E-state index contributed by atoms with van der Waals surface area (Å²) in [7, 11) is 0. The maximum absolute atomic E-state index is 5.55. The molecule has 0 saturated carbocycles. The fraction of sp³-hybridized carbons (Fsp3) is 0.0588. The third-order valence-electron chi connectivity index (χ3n) is 3.33.